The van der Waals surface area contributed by atoms with Gasteiger partial charge in [-0.25, -0.2) is 9.59 Å². The molecular weight excluding hydrogens is 296 g/mol. The van der Waals surface area contributed by atoms with E-state index in [-0.39, 0.29) is 5.56 Å². The average molecular weight is 314 g/mol. The Morgan fingerprint density at radius 2 is 1.78 bits per heavy atom. The van der Waals surface area contributed by atoms with Gasteiger partial charge >= 0.3 is 12.0 Å². The lowest BCUT2D eigenvalue weighted by Gasteiger charge is -2.12. The molecule has 0 bridgehead atoms. The van der Waals surface area contributed by atoms with Crippen LogP contribution in [0.1, 0.15) is 15.9 Å². The highest BCUT2D eigenvalue weighted by Crippen LogP contribution is 2.23. The van der Waals surface area contributed by atoms with E-state index in [4.69, 9.17) is 9.47 Å². The van der Waals surface area contributed by atoms with E-state index in [0.29, 0.717) is 18.0 Å². The largest absolute Gasteiger partial charge is 0.497 e. The maximum absolute atomic E-state index is 12.0. The molecule has 0 saturated heterocycles. The Morgan fingerprint density at radius 3 is 2.43 bits per heavy atom. The number of carbonyl (C=O) groups excluding carboxylic acids is 2. The summed E-state index contributed by atoms with van der Waals surface area (Å²) in [6, 6.07) is 13.8. The van der Waals surface area contributed by atoms with Crippen molar-refractivity contribution in [1.82, 2.24) is 5.32 Å². The van der Waals surface area contributed by atoms with Crippen LogP contribution in [0.4, 0.5) is 10.5 Å². The van der Waals surface area contributed by atoms with E-state index in [2.05, 4.69) is 10.6 Å². The number of urea groups is 1. The highest BCUT2D eigenvalue weighted by atomic mass is 16.5. The third-order valence-electron chi connectivity index (χ3n) is 3.18. The van der Waals surface area contributed by atoms with E-state index in [1.54, 1.807) is 12.1 Å². The number of hydrogen-bond donors (Lipinski definition) is 2. The van der Waals surface area contributed by atoms with Gasteiger partial charge in [0.05, 0.1) is 25.5 Å². The van der Waals surface area contributed by atoms with Gasteiger partial charge in [-0.15, -0.1) is 0 Å². The molecule has 0 heterocycles. The topological polar surface area (TPSA) is 76.7 Å². The molecule has 23 heavy (non-hydrogen) atoms. The molecule has 0 saturated carbocycles. The van der Waals surface area contributed by atoms with E-state index in [1.165, 1.54) is 20.3 Å². The van der Waals surface area contributed by atoms with E-state index < -0.39 is 12.0 Å². The maximum atomic E-state index is 12.0. The van der Waals surface area contributed by atoms with Crippen molar-refractivity contribution >= 4 is 17.7 Å². The Balaban J connectivity index is 2.08. The van der Waals surface area contributed by atoms with Crippen molar-refractivity contribution in [1.29, 1.82) is 0 Å². The van der Waals surface area contributed by atoms with E-state index >= 15 is 0 Å². The van der Waals surface area contributed by atoms with Crippen LogP contribution in [0.3, 0.4) is 0 Å². The standard InChI is InChI=1S/C17H18N2O4/c1-22-13-8-9-14(16(20)23-2)15(10-13)19-17(21)18-11-12-6-4-3-5-7-12/h3-10H,11H2,1-2H3,(H2,18,19,21). The Kier molecular flexibility index (Phi) is 5.57. The Hall–Kier alpha value is -3.02. The molecule has 120 valence electrons. The number of anilines is 1. The molecule has 0 atom stereocenters. The summed E-state index contributed by atoms with van der Waals surface area (Å²) in [4.78, 5) is 23.8. The van der Waals surface area contributed by atoms with Crippen molar-refractivity contribution in [3.63, 3.8) is 0 Å². The second kappa shape index (κ2) is 7.84. The number of hydrogen-bond acceptors (Lipinski definition) is 4. The number of carbonyl (C=O) groups is 2. The van der Waals surface area contributed by atoms with E-state index in [1.807, 2.05) is 30.3 Å². The van der Waals surface area contributed by atoms with Gasteiger partial charge in [0, 0.05) is 12.6 Å². The predicted octanol–water partition coefficient (Wildman–Crippen LogP) is 2.80. The number of methoxy groups -OCH3 is 2. The SMILES string of the molecule is COC(=O)c1ccc(OC)cc1NC(=O)NCc1ccccc1. The van der Waals surface area contributed by atoms with Crippen molar-refractivity contribution in [2.24, 2.45) is 0 Å². The third-order valence-corrected chi connectivity index (χ3v) is 3.18. The summed E-state index contributed by atoms with van der Waals surface area (Å²) >= 11 is 0. The van der Waals surface area contributed by atoms with Gasteiger partial charge in [0.15, 0.2) is 0 Å². The van der Waals surface area contributed by atoms with Crippen molar-refractivity contribution in [2.45, 2.75) is 6.54 Å². The number of amides is 2. The van der Waals surface area contributed by atoms with Crippen LogP contribution in [0.15, 0.2) is 48.5 Å². The summed E-state index contributed by atoms with van der Waals surface area (Å²) in [5, 5.41) is 5.37. The summed E-state index contributed by atoms with van der Waals surface area (Å²) in [7, 11) is 2.79. The summed E-state index contributed by atoms with van der Waals surface area (Å²) in [5.74, 6) is -0.0120. The van der Waals surface area contributed by atoms with Crippen molar-refractivity contribution in [3.05, 3.63) is 59.7 Å². The van der Waals surface area contributed by atoms with Crippen LogP contribution in [0.5, 0.6) is 5.75 Å². The van der Waals surface area contributed by atoms with Gasteiger partial charge in [-0.2, -0.15) is 0 Å². The van der Waals surface area contributed by atoms with Gasteiger partial charge in [-0.3, -0.25) is 0 Å². The minimum atomic E-state index is -0.536. The van der Waals surface area contributed by atoms with Crippen LogP contribution in [0.25, 0.3) is 0 Å². The lowest BCUT2D eigenvalue weighted by Crippen LogP contribution is -2.29. The molecule has 0 aliphatic rings. The molecule has 0 fully saturated rings. The minimum Gasteiger partial charge on any atom is -0.497 e. The quantitative estimate of drug-likeness (QED) is 0.832. The summed E-state index contributed by atoms with van der Waals surface area (Å²) in [5.41, 5.74) is 1.55. The first-order valence-electron chi connectivity index (χ1n) is 6.99. The van der Waals surface area contributed by atoms with Gasteiger partial charge in [0.1, 0.15) is 5.75 Å². The lowest BCUT2D eigenvalue weighted by atomic mass is 10.1. The highest BCUT2D eigenvalue weighted by Gasteiger charge is 2.15. The Bertz CT molecular complexity index is 686. The normalized spacial score (nSPS) is 9.83. The zero-order chi connectivity index (χ0) is 16.7. The van der Waals surface area contributed by atoms with Crippen LogP contribution in [0.2, 0.25) is 0 Å². The molecule has 0 radical (unpaired) electrons. The number of benzene rings is 2. The summed E-state index contributed by atoms with van der Waals surface area (Å²) in [6.45, 7) is 0.379. The average Bonchev–Trinajstić information content (AvgIpc) is 2.60. The van der Waals surface area contributed by atoms with Crippen molar-refractivity contribution in [3.8, 4) is 5.75 Å². The van der Waals surface area contributed by atoms with Crippen LogP contribution >= 0.6 is 0 Å². The van der Waals surface area contributed by atoms with Crippen molar-refractivity contribution < 1.29 is 19.1 Å². The van der Waals surface area contributed by atoms with Crippen LogP contribution in [0, 0.1) is 0 Å². The molecule has 0 aliphatic carbocycles. The molecule has 2 aromatic carbocycles. The van der Waals surface area contributed by atoms with Gasteiger partial charge in [-0.1, -0.05) is 30.3 Å². The predicted molar refractivity (Wildman–Crippen MR) is 86.6 cm³/mol. The monoisotopic (exact) mass is 314 g/mol. The molecule has 2 N–H and O–H groups in total. The molecule has 0 spiro atoms. The first-order valence-corrected chi connectivity index (χ1v) is 6.99. The first-order chi connectivity index (χ1) is 11.1. The molecule has 0 unspecified atom stereocenters. The molecule has 2 amide bonds. The number of ether oxygens (including phenoxy) is 2. The summed E-state index contributed by atoms with van der Waals surface area (Å²) in [6.07, 6.45) is 0. The van der Waals surface area contributed by atoms with Gasteiger partial charge in [0.2, 0.25) is 0 Å². The third kappa shape index (κ3) is 4.47. The smallest absolute Gasteiger partial charge is 0.339 e. The molecule has 2 aromatic rings. The van der Waals surface area contributed by atoms with Crippen LogP contribution in [-0.2, 0) is 11.3 Å². The summed E-state index contributed by atoms with van der Waals surface area (Å²) < 4.78 is 9.82. The van der Waals surface area contributed by atoms with Gasteiger partial charge < -0.3 is 20.1 Å². The first kappa shape index (κ1) is 16.4. The number of nitrogens with one attached hydrogen (secondary N) is 2. The van der Waals surface area contributed by atoms with E-state index in [9.17, 15) is 9.59 Å². The highest BCUT2D eigenvalue weighted by molar-refractivity contribution is 6.01. The minimum absolute atomic E-state index is 0.253. The molecule has 6 nitrogen and oxygen atoms in total. The number of rotatable bonds is 5. The second-order valence-corrected chi connectivity index (χ2v) is 4.70. The fraction of sp³-hybridized carbons (Fsp3) is 0.176. The molecule has 6 heteroatoms. The van der Waals surface area contributed by atoms with Gasteiger partial charge in [-0.05, 0) is 17.7 Å². The molecule has 2 rings (SSSR count). The fourth-order valence-corrected chi connectivity index (χ4v) is 1.99. The molecule has 0 aliphatic heterocycles. The Labute approximate surface area is 134 Å². The fourth-order valence-electron chi connectivity index (χ4n) is 1.99. The maximum Gasteiger partial charge on any atom is 0.339 e. The van der Waals surface area contributed by atoms with Gasteiger partial charge in [0.25, 0.3) is 0 Å². The second-order valence-electron chi connectivity index (χ2n) is 4.70. The van der Waals surface area contributed by atoms with Crippen LogP contribution < -0.4 is 15.4 Å². The molecular formula is C17H18N2O4. The lowest BCUT2D eigenvalue weighted by molar-refractivity contribution is 0.0602. The zero-order valence-electron chi connectivity index (χ0n) is 13.0. The zero-order valence-corrected chi connectivity index (χ0v) is 13.0. The number of esters is 1. The Morgan fingerprint density at radius 1 is 1.04 bits per heavy atom. The van der Waals surface area contributed by atoms with Crippen LogP contribution in [-0.4, -0.2) is 26.2 Å². The molecule has 0 aromatic heterocycles. The van der Waals surface area contributed by atoms with E-state index in [0.717, 1.165) is 5.56 Å². The van der Waals surface area contributed by atoms with Crippen molar-refractivity contribution in [2.75, 3.05) is 19.5 Å².